The van der Waals surface area contributed by atoms with E-state index in [2.05, 4.69) is 4.98 Å². The number of hydrogen-bond acceptors (Lipinski definition) is 5. The number of amides is 1. The number of methoxy groups -OCH3 is 1. The molecule has 0 radical (unpaired) electrons. The van der Waals surface area contributed by atoms with E-state index in [-0.39, 0.29) is 11.9 Å². The molecule has 1 aromatic carbocycles. The number of carbonyl (C=O) groups is 2. The van der Waals surface area contributed by atoms with Gasteiger partial charge in [-0.1, -0.05) is 31.2 Å². The zero-order chi connectivity index (χ0) is 19.5. The molecule has 6 heteroatoms. The summed E-state index contributed by atoms with van der Waals surface area (Å²) in [5.74, 6) is 0.0205. The molecule has 27 heavy (non-hydrogen) atoms. The summed E-state index contributed by atoms with van der Waals surface area (Å²) in [6.07, 6.45) is 2.63. The van der Waals surface area contributed by atoms with Gasteiger partial charge in [0.2, 0.25) is 5.91 Å². The van der Waals surface area contributed by atoms with Crippen LogP contribution in [-0.4, -0.2) is 42.0 Å². The average Bonchev–Trinajstić information content (AvgIpc) is 2.71. The molecule has 1 aromatic heterocycles. The smallest absolute Gasteiger partial charge is 0.310 e. The van der Waals surface area contributed by atoms with Crippen molar-refractivity contribution in [1.29, 1.82) is 0 Å². The molecule has 0 spiro atoms. The van der Waals surface area contributed by atoms with Crippen LogP contribution in [0.1, 0.15) is 25.5 Å². The van der Waals surface area contributed by atoms with Crippen LogP contribution < -0.4 is 4.74 Å². The first-order valence-electron chi connectivity index (χ1n) is 9.03. The highest BCUT2D eigenvalue weighted by Crippen LogP contribution is 2.12. The lowest BCUT2D eigenvalue weighted by molar-refractivity contribution is -0.146. The summed E-state index contributed by atoms with van der Waals surface area (Å²) in [4.78, 5) is 30.4. The molecular formula is C21H26N2O4. The largest absolute Gasteiger partial charge is 0.494 e. The number of pyridine rings is 1. The van der Waals surface area contributed by atoms with E-state index in [1.165, 1.54) is 7.11 Å². The van der Waals surface area contributed by atoms with E-state index in [0.717, 1.165) is 11.4 Å². The maximum Gasteiger partial charge on any atom is 0.310 e. The van der Waals surface area contributed by atoms with E-state index < -0.39 is 5.92 Å². The van der Waals surface area contributed by atoms with Gasteiger partial charge in [-0.2, -0.15) is 0 Å². The number of esters is 1. The topological polar surface area (TPSA) is 68.7 Å². The number of hydrogen-bond donors (Lipinski definition) is 0. The highest BCUT2D eigenvalue weighted by molar-refractivity contribution is 5.78. The zero-order valence-corrected chi connectivity index (χ0v) is 15.8. The maximum atomic E-state index is 12.7. The number of aromatic nitrogens is 1. The molecule has 6 nitrogen and oxygen atoms in total. The van der Waals surface area contributed by atoms with Crippen molar-refractivity contribution in [3.05, 3.63) is 60.4 Å². The van der Waals surface area contributed by atoms with Crippen LogP contribution in [0.25, 0.3) is 0 Å². The van der Waals surface area contributed by atoms with Gasteiger partial charge < -0.3 is 14.4 Å². The number of ether oxygens (including phenoxy) is 2. The molecule has 0 aliphatic heterocycles. The van der Waals surface area contributed by atoms with Crippen molar-refractivity contribution in [2.75, 3.05) is 20.3 Å². The first kappa shape index (κ1) is 20.4. The van der Waals surface area contributed by atoms with Crippen LogP contribution in [0.4, 0.5) is 0 Å². The SMILES string of the molecule is COC(=O)C(C)CN(Cc1ccccn1)C(=O)CCCOc1ccccc1. The Bertz CT molecular complexity index is 707. The Kier molecular flexibility index (Phi) is 8.29. The first-order valence-corrected chi connectivity index (χ1v) is 9.03. The van der Waals surface area contributed by atoms with Crippen molar-refractivity contribution in [2.45, 2.75) is 26.3 Å². The van der Waals surface area contributed by atoms with Crippen LogP contribution in [0.5, 0.6) is 5.75 Å². The molecule has 0 N–H and O–H groups in total. The lowest BCUT2D eigenvalue weighted by Crippen LogP contribution is -2.37. The third kappa shape index (κ3) is 7.09. The number of nitrogens with zero attached hydrogens (tertiary/aromatic N) is 2. The van der Waals surface area contributed by atoms with Crippen molar-refractivity contribution < 1.29 is 19.1 Å². The second kappa shape index (κ2) is 11.0. The van der Waals surface area contributed by atoms with E-state index in [1.54, 1.807) is 18.0 Å². The minimum atomic E-state index is -0.400. The van der Waals surface area contributed by atoms with Crippen molar-refractivity contribution in [2.24, 2.45) is 5.92 Å². The fourth-order valence-electron chi connectivity index (χ4n) is 2.64. The second-order valence-corrected chi connectivity index (χ2v) is 6.28. The van der Waals surface area contributed by atoms with E-state index in [0.29, 0.717) is 32.5 Å². The first-order chi connectivity index (χ1) is 13.1. The lowest BCUT2D eigenvalue weighted by atomic mass is 10.1. The molecule has 1 heterocycles. The summed E-state index contributed by atoms with van der Waals surface area (Å²) in [6, 6.07) is 15.1. The molecule has 0 fully saturated rings. The van der Waals surface area contributed by atoms with Crippen LogP contribution in [0, 0.1) is 5.92 Å². The minimum absolute atomic E-state index is 0.0342. The summed E-state index contributed by atoms with van der Waals surface area (Å²) in [5.41, 5.74) is 0.781. The van der Waals surface area contributed by atoms with Gasteiger partial charge in [-0.15, -0.1) is 0 Å². The third-order valence-electron chi connectivity index (χ3n) is 4.08. The molecule has 1 amide bonds. The highest BCUT2D eigenvalue weighted by Gasteiger charge is 2.22. The predicted octanol–water partition coefficient (Wildman–Crippen LogP) is 3.08. The number of carbonyl (C=O) groups excluding carboxylic acids is 2. The van der Waals surface area contributed by atoms with Crippen LogP contribution in [0.15, 0.2) is 54.7 Å². The van der Waals surface area contributed by atoms with Gasteiger partial charge in [0.15, 0.2) is 0 Å². The maximum absolute atomic E-state index is 12.7. The summed E-state index contributed by atoms with van der Waals surface area (Å²) >= 11 is 0. The van der Waals surface area contributed by atoms with E-state index in [1.807, 2.05) is 48.5 Å². The molecule has 1 unspecified atom stereocenters. The van der Waals surface area contributed by atoms with Crippen LogP contribution in [0.2, 0.25) is 0 Å². The highest BCUT2D eigenvalue weighted by atomic mass is 16.5. The zero-order valence-electron chi connectivity index (χ0n) is 15.8. The van der Waals surface area contributed by atoms with Gasteiger partial charge in [-0.25, -0.2) is 0 Å². The Labute approximate surface area is 160 Å². The Morgan fingerprint density at radius 2 is 1.85 bits per heavy atom. The number of para-hydroxylation sites is 1. The van der Waals surface area contributed by atoms with Crippen molar-refractivity contribution in [3.63, 3.8) is 0 Å². The quantitative estimate of drug-likeness (QED) is 0.475. The minimum Gasteiger partial charge on any atom is -0.494 e. The van der Waals surface area contributed by atoms with Gasteiger partial charge in [0.1, 0.15) is 5.75 Å². The Hall–Kier alpha value is -2.89. The van der Waals surface area contributed by atoms with Gasteiger partial charge in [0, 0.05) is 19.2 Å². The van der Waals surface area contributed by atoms with Gasteiger partial charge in [-0.3, -0.25) is 14.6 Å². The summed E-state index contributed by atoms with van der Waals surface area (Å²) in [6.45, 7) is 2.87. The molecule has 0 aliphatic rings. The lowest BCUT2D eigenvalue weighted by Gasteiger charge is -2.25. The average molecular weight is 370 g/mol. The van der Waals surface area contributed by atoms with Gasteiger partial charge >= 0.3 is 5.97 Å². The monoisotopic (exact) mass is 370 g/mol. The summed E-state index contributed by atoms with van der Waals surface area (Å²) in [7, 11) is 1.35. The molecule has 2 aromatic rings. The number of rotatable bonds is 10. The standard InChI is InChI=1S/C21H26N2O4/c1-17(21(25)26-2)15-23(16-18-9-6-7-13-22-18)20(24)12-8-14-27-19-10-4-3-5-11-19/h3-7,9-11,13,17H,8,12,14-16H2,1-2H3. The normalized spacial score (nSPS) is 11.5. The molecule has 0 saturated heterocycles. The van der Waals surface area contributed by atoms with Crippen LogP contribution in [0.3, 0.4) is 0 Å². The summed E-state index contributed by atoms with van der Waals surface area (Å²) < 4.78 is 10.4. The molecule has 0 saturated carbocycles. The van der Waals surface area contributed by atoms with E-state index in [9.17, 15) is 9.59 Å². The van der Waals surface area contributed by atoms with Crippen LogP contribution >= 0.6 is 0 Å². The molecule has 1 atom stereocenters. The number of benzene rings is 1. The second-order valence-electron chi connectivity index (χ2n) is 6.28. The Balaban J connectivity index is 1.90. The fourth-order valence-corrected chi connectivity index (χ4v) is 2.64. The van der Waals surface area contributed by atoms with E-state index >= 15 is 0 Å². The fraction of sp³-hybridized carbons (Fsp3) is 0.381. The molecule has 2 rings (SSSR count). The van der Waals surface area contributed by atoms with Crippen molar-refractivity contribution in [1.82, 2.24) is 9.88 Å². The van der Waals surface area contributed by atoms with Gasteiger partial charge in [-0.05, 0) is 30.7 Å². The molecular weight excluding hydrogens is 344 g/mol. The Morgan fingerprint density at radius 1 is 1.11 bits per heavy atom. The van der Waals surface area contributed by atoms with Crippen LogP contribution in [-0.2, 0) is 20.9 Å². The predicted molar refractivity (Wildman–Crippen MR) is 102 cm³/mol. The molecule has 0 aliphatic carbocycles. The van der Waals surface area contributed by atoms with Gasteiger partial charge in [0.05, 0.1) is 31.9 Å². The molecule has 144 valence electrons. The Morgan fingerprint density at radius 3 is 2.52 bits per heavy atom. The van der Waals surface area contributed by atoms with Gasteiger partial charge in [0.25, 0.3) is 0 Å². The molecule has 0 bridgehead atoms. The summed E-state index contributed by atoms with van der Waals surface area (Å²) in [5, 5.41) is 0. The van der Waals surface area contributed by atoms with Crippen molar-refractivity contribution in [3.8, 4) is 5.75 Å². The third-order valence-corrected chi connectivity index (χ3v) is 4.08. The van der Waals surface area contributed by atoms with Crippen molar-refractivity contribution >= 4 is 11.9 Å². The van der Waals surface area contributed by atoms with E-state index in [4.69, 9.17) is 9.47 Å².